The average Bonchev–Trinajstić information content (AvgIpc) is 2.66. The number of phenolic OH excluding ortho intramolecular Hbond substituents is 1. The molecule has 3 heteroatoms. The van der Waals surface area contributed by atoms with Crippen molar-refractivity contribution < 1.29 is 9.84 Å². The van der Waals surface area contributed by atoms with E-state index in [1.54, 1.807) is 7.11 Å². The van der Waals surface area contributed by atoms with Crippen LogP contribution >= 0.6 is 0 Å². The van der Waals surface area contributed by atoms with Crippen LogP contribution in [0.3, 0.4) is 0 Å². The third-order valence-corrected chi connectivity index (χ3v) is 6.84. The van der Waals surface area contributed by atoms with Crippen LogP contribution in [-0.4, -0.2) is 18.4 Å². The fourth-order valence-corrected chi connectivity index (χ4v) is 5.05. The van der Waals surface area contributed by atoms with Crippen LogP contribution < -0.4 is 4.74 Å². The summed E-state index contributed by atoms with van der Waals surface area (Å²) in [6, 6.07) is 9.85. The first kappa shape index (κ1) is 19.0. The van der Waals surface area contributed by atoms with E-state index in [4.69, 9.17) is 4.74 Å². The van der Waals surface area contributed by atoms with Gasteiger partial charge in [0.2, 0.25) is 0 Å². The minimum Gasteiger partial charge on any atom is -0.507 e. The summed E-state index contributed by atoms with van der Waals surface area (Å²) in [5.74, 6) is 1.82. The predicted molar refractivity (Wildman–Crippen MR) is 116 cm³/mol. The first-order valence-corrected chi connectivity index (χ1v) is 10.3. The quantitative estimate of drug-likeness (QED) is 0.631. The molecule has 0 fully saturated rings. The maximum absolute atomic E-state index is 11.3. The van der Waals surface area contributed by atoms with E-state index in [-0.39, 0.29) is 10.8 Å². The number of aliphatic imine (C=N–C) groups is 1. The lowest BCUT2D eigenvalue weighted by Crippen LogP contribution is -2.35. The van der Waals surface area contributed by atoms with Crippen LogP contribution in [0.5, 0.6) is 11.5 Å². The molecule has 0 heterocycles. The van der Waals surface area contributed by atoms with Gasteiger partial charge >= 0.3 is 0 Å². The fourth-order valence-electron chi connectivity index (χ4n) is 5.05. The number of methoxy groups -OCH3 is 1. The van der Waals surface area contributed by atoms with Gasteiger partial charge in [0.15, 0.2) is 0 Å². The summed E-state index contributed by atoms with van der Waals surface area (Å²) in [7, 11) is 1.66. The van der Waals surface area contributed by atoms with E-state index in [2.05, 4.69) is 38.8 Å². The normalized spacial score (nSPS) is 22.1. The van der Waals surface area contributed by atoms with E-state index in [1.165, 1.54) is 30.4 Å². The Labute approximate surface area is 168 Å². The van der Waals surface area contributed by atoms with Gasteiger partial charge in [0.25, 0.3) is 0 Å². The van der Waals surface area contributed by atoms with Crippen LogP contribution in [0.2, 0.25) is 0 Å². The summed E-state index contributed by atoms with van der Waals surface area (Å²) in [4.78, 5) is 4.63. The van der Waals surface area contributed by atoms with Crippen molar-refractivity contribution >= 4 is 11.9 Å². The van der Waals surface area contributed by atoms with Crippen LogP contribution in [-0.2, 0) is 10.8 Å². The van der Waals surface area contributed by atoms with Gasteiger partial charge in [0.1, 0.15) is 11.5 Å². The Balaban J connectivity index is 1.84. The molecule has 0 spiro atoms. The molecule has 2 aliphatic rings. The Bertz CT molecular complexity index is 921. The van der Waals surface area contributed by atoms with Crippen LogP contribution in [0.25, 0.3) is 0 Å². The topological polar surface area (TPSA) is 41.8 Å². The largest absolute Gasteiger partial charge is 0.507 e. The second kappa shape index (κ2) is 6.65. The van der Waals surface area contributed by atoms with E-state index in [1.807, 2.05) is 30.5 Å². The minimum atomic E-state index is -0.0119. The fraction of sp³-hybridized carbons (Fsp3) is 0.480. The molecule has 0 aromatic heterocycles. The van der Waals surface area contributed by atoms with Crippen LogP contribution in [0.15, 0.2) is 35.3 Å². The highest BCUT2D eigenvalue weighted by molar-refractivity contribution is 5.87. The molecule has 2 aliphatic carbocycles. The number of aromatic hydroxyl groups is 1. The van der Waals surface area contributed by atoms with Gasteiger partial charge in [-0.2, -0.15) is 0 Å². The Morgan fingerprint density at radius 2 is 1.68 bits per heavy atom. The molecule has 0 saturated carbocycles. The highest BCUT2D eigenvalue weighted by Gasteiger charge is 2.43. The van der Waals surface area contributed by atoms with Crippen molar-refractivity contribution in [1.29, 1.82) is 0 Å². The molecule has 0 bridgehead atoms. The summed E-state index contributed by atoms with van der Waals surface area (Å²) >= 11 is 0. The molecular weight excluding hydrogens is 346 g/mol. The van der Waals surface area contributed by atoms with Crippen molar-refractivity contribution in [3.05, 3.63) is 52.6 Å². The number of nitrogens with zero attached hydrogens (tertiary/aromatic N) is 1. The van der Waals surface area contributed by atoms with Gasteiger partial charge in [-0.3, -0.25) is 4.99 Å². The zero-order valence-corrected chi connectivity index (χ0v) is 17.7. The molecule has 1 atom stereocenters. The molecule has 4 rings (SSSR count). The monoisotopic (exact) mass is 377 g/mol. The number of ether oxygens (including phenoxy) is 1. The molecule has 2 aromatic rings. The van der Waals surface area contributed by atoms with Crippen molar-refractivity contribution in [2.75, 3.05) is 7.11 Å². The zero-order valence-electron chi connectivity index (χ0n) is 17.7. The SMILES string of the molecule is COc1ccc(N=Cc2cc3c4c(c2O)C(C)(C)CCC4CCC3(C)C)cc1. The number of rotatable bonds is 3. The lowest BCUT2D eigenvalue weighted by molar-refractivity contribution is 0.310. The van der Waals surface area contributed by atoms with Crippen LogP contribution in [0.1, 0.15) is 81.5 Å². The van der Waals surface area contributed by atoms with Gasteiger partial charge in [-0.1, -0.05) is 27.7 Å². The Morgan fingerprint density at radius 1 is 1.04 bits per heavy atom. The van der Waals surface area contributed by atoms with Crippen molar-refractivity contribution in [2.24, 2.45) is 4.99 Å². The maximum atomic E-state index is 11.3. The minimum absolute atomic E-state index is 0.0119. The summed E-state index contributed by atoms with van der Waals surface area (Å²) in [6.45, 7) is 9.21. The molecule has 3 nitrogen and oxygen atoms in total. The lowest BCUT2D eigenvalue weighted by Gasteiger charge is -2.46. The Morgan fingerprint density at radius 3 is 2.32 bits per heavy atom. The standard InChI is InChI=1S/C25H31NO2/c1-24(2)12-10-16-11-13-25(3,4)22-21(16)20(24)14-17(23(22)27)15-26-18-6-8-19(28-5)9-7-18/h6-9,14-16,27H,10-13H2,1-5H3. The van der Waals surface area contributed by atoms with Gasteiger partial charge < -0.3 is 9.84 Å². The molecular formula is C25H31NO2. The van der Waals surface area contributed by atoms with Crippen molar-refractivity contribution in [3.63, 3.8) is 0 Å². The van der Waals surface area contributed by atoms with Crippen molar-refractivity contribution in [3.8, 4) is 11.5 Å². The summed E-state index contributed by atoms with van der Waals surface area (Å²) in [5, 5.41) is 11.3. The van der Waals surface area contributed by atoms with Gasteiger partial charge in [-0.15, -0.1) is 0 Å². The summed E-state index contributed by atoms with van der Waals surface area (Å²) in [6.07, 6.45) is 6.59. The number of hydrogen-bond acceptors (Lipinski definition) is 3. The molecule has 0 saturated heterocycles. The molecule has 0 radical (unpaired) electrons. The second-order valence-electron chi connectivity index (χ2n) is 9.65. The number of hydrogen-bond donors (Lipinski definition) is 1. The molecule has 0 amide bonds. The highest BCUT2D eigenvalue weighted by Crippen LogP contribution is 2.55. The lowest BCUT2D eigenvalue weighted by atomic mass is 9.59. The molecule has 28 heavy (non-hydrogen) atoms. The average molecular weight is 378 g/mol. The summed E-state index contributed by atoms with van der Waals surface area (Å²) < 4.78 is 5.21. The van der Waals surface area contributed by atoms with Crippen LogP contribution in [0.4, 0.5) is 5.69 Å². The first-order chi connectivity index (χ1) is 13.2. The maximum Gasteiger partial charge on any atom is 0.128 e. The van der Waals surface area contributed by atoms with Crippen LogP contribution in [0, 0.1) is 0 Å². The molecule has 1 N–H and O–H groups in total. The first-order valence-electron chi connectivity index (χ1n) is 10.3. The smallest absolute Gasteiger partial charge is 0.128 e. The van der Waals surface area contributed by atoms with E-state index in [0.29, 0.717) is 11.7 Å². The van der Waals surface area contributed by atoms with Crippen molar-refractivity contribution in [1.82, 2.24) is 0 Å². The third-order valence-electron chi connectivity index (χ3n) is 6.84. The second-order valence-corrected chi connectivity index (χ2v) is 9.65. The Hall–Kier alpha value is -2.29. The zero-order chi connectivity index (χ0) is 20.1. The van der Waals surface area contributed by atoms with E-state index in [9.17, 15) is 5.11 Å². The summed E-state index contributed by atoms with van der Waals surface area (Å²) in [5.41, 5.74) is 5.78. The van der Waals surface area contributed by atoms with Gasteiger partial charge in [-0.05, 0) is 83.9 Å². The van der Waals surface area contributed by atoms with Gasteiger partial charge in [0, 0.05) is 17.3 Å². The van der Waals surface area contributed by atoms with E-state index in [0.717, 1.165) is 29.0 Å². The highest BCUT2D eigenvalue weighted by atomic mass is 16.5. The molecule has 148 valence electrons. The predicted octanol–water partition coefficient (Wildman–Crippen LogP) is 6.38. The molecule has 1 unspecified atom stereocenters. The van der Waals surface area contributed by atoms with Gasteiger partial charge in [0.05, 0.1) is 12.8 Å². The Kier molecular flexibility index (Phi) is 4.52. The van der Waals surface area contributed by atoms with E-state index < -0.39 is 0 Å². The molecule has 0 aliphatic heterocycles. The van der Waals surface area contributed by atoms with Gasteiger partial charge in [-0.25, -0.2) is 0 Å². The number of phenols is 1. The van der Waals surface area contributed by atoms with E-state index >= 15 is 0 Å². The van der Waals surface area contributed by atoms with Crippen molar-refractivity contribution in [2.45, 2.75) is 70.1 Å². The number of benzene rings is 2. The molecule has 2 aromatic carbocycles. The third kappa shape index (κ3) is 3.11.